The van der Waals surface area contributed by atoms with Crippen molar-refractivity contribution in [2.24, 2.45) is 17.8 Å². The number of carboxylic acid groups (broad SMARTS) is 1. The summed E-state index contributed by atoms with van der Waals surface area (Å²) in [6.45, 7) is 5.93. The van der Waals surface area contributed by atoms with Gasteiger partial charge in [-0.05, 0) is 94.7 Å². The lowest BCUT2D eigenvalue weighted by Crippen LogP contribution is -2.66. The predicted molar refractivity (Wildman–Crippen MR) is 206 cm³/mol. The molecule has 59 heavy (non-hydrogen) atoms. The van der Waals surface area contributed by atoms with Gasteiger partial charge in [-0.1, -0.05) is 32.4 Å². The summed E-state index contributed by atoms with van der Waals surface area (Å²) in [5, 5.41) is 13.9. The molecular weight excluding hydrogens is 803 g/mol. The molecule has 7 atom stereocenters. The molecule has 1 saturated heterocycles. The highest BCUT2D eigenvalue weighted by atomic mass is 32.2. The summed E-state index contributed by atoms with van der Waals surface area (Å²) in [4.78, 5) is 62.2. The first-order valence-corrected chi connectivity index (χ1v) is 21.2. The van der Waals surface area contributed by atoms with Gasteiger partial charge in [0.05, 0.1) is 18.4 Å². The minimum atomic E-state index is -5.12. The number of pyridine rings is 1. The molecule has 2 aliphatic heterocycles. The smallest absolute Gasteiger partial charge is 0.411 e. The fourth-order valence-corrected chi connectivity index (χ4v) is 9.61. The van der Waals surface area contributed by atoms with Crippen LogP contribution in [0.3, 0.4) is 0 Å². The number of halogens is 4. The van der Waals surface area contributed by atoms with Gasteiger partial charge in [0, 0.05) is 23.8 Å². The van der Waals surface area contributed by atoms with Crippen LogP contribution in [0.2, 0.25) is 0 Å². The number of amides is 4. The Labute approximate surface area is 340 Å². The topological polar surface area (TPSA) is 185 Å². The highest BCUT2D eigenvalue weighted by Crippen LogP contribution is 2.48. The quantitative estimate of drug-likeness (QED) is 0.209. The van der Waals surface area contributed by atoms with Gasteiger partial charge in [-0.3, -0.25) is 24.0 Å². The number of nitrogens with zero attached hydrogens (tertiary/aromatic N) is 3. The van der Waals surface area contributed by atoms with Crippen LogP contribution < -0.4 is 19.5 Å². The molecule has 3 N–H and O–H groups in total. The lowest BCUT2D eigenvalue weighted by Gasteiger charge is -2.46. The Hall–Kier alpha value is -4.68. The van der Waals surface area contributed by atoms with Crippen LogP contribution in [0, 0.1) is 23.6 Å². The van der Waals surface area contributed by atoms with Crippen molar-refractivity contribution in [2.75, 3.05) is 13.7 Å². The number of aromatic nitrogens is 1. The van der Waals surface area contributed by atoms with E-state index in [1.807, 2.05) is 6.92 Å². The third kappa shape index (κ3) is 8.40. The lowest BCUT2D eigenvalue weighted by atomic mass is 9.82. The van der Waals surface area contributed by atoms with E-state index < -0.39 is 98.2 Å². The Kier molecular flexibility index (Phi) is 11.7. The summed E-state index contributed by atoms with van der Waals surface area (Å²) >= 11 is 0. The zero-order chi connectivity index (χ0) is 43.5. The van der Waals surface area contributed by atoms with Crippen molar-refractivity contribution in [1.82, 2.24) is 24.8 Å². The highest BCUT2D eigenvalue weighted by Gasteiger charge is 2.64. The van der Waals surface area contributed by atoms with Gasteiger partial charge in [-0.25, -0.2) is 17.6 Å². The molecule has 3 fully saturated rings. The monoisotopic (exact) mass is 853 g/mol. The van der Waals surface area contributed by atoms with Crippen LogP contribution in [-0.4, -0.2) is 106 Å². The largest absolute Gasteiger partial charge is 0.481 e. The van der Waals surface area contributed by atoms with Crippen LogP contribution in [0.15, 0.2) is 36.4 Å². The van der Waals surface area contributed by atoms with E-state index in [0.29, 0.717) is 50.3 Å². The van der Waals surface area contributed by atoms with E-state index in [2.05, 4.69) is 15.0 Å². The zero-order valence-corrected chi connectivity index (χ0v) is 34.6. The predicted octanol–water partition coefficient (Wildman–Crippen LogP) is 5.70. The second-order valence-corrected chi connectivity index (χ2v) is 19.3. The van der Waals surface area contributed by atoms with E-state index in [0.717, 1.165) is 4.90 Å². The molecule has 19 heteroatoms. The van der Waals surface area contributed by atoms with Gasteiger partial charge in [0.1, 0.15) is 35.1 Å². The second-order valence-electron chi connectivity index (χ2n) is 17.1. The van der Waals surface area contributed by atoms with Crippen LogP contribution in [0.25, 0.3) is 10.8 Å². The van der Waals surface area contributed by atoms with Crippen molar-refractivity contribution >= 4 is 44.6 Å². The average Bonchev–Trinajstić information content (AvgIpc) is 4.03. The maximum Gasteiger partial charge on any atom is 0.411 e. The van der Waals surface area contributed by atoms with Crippen molar-refractivity contribution in [3.8, 4) is 11.8 Å². The zero-order valence-electron chi connectivity index (χ0n) is 33.8. The number of nitrogens with one attached hydrogen (secondary N) is 2. The van der Waals surface area contributed by atoms with Crippen molar-refractivity contribution in [3.05, 3.63) is 42.2 Å². The van der Waals surface area contributed by atoms with Crippen LogP contribution in [0.1, 0.15) is 86.0 Å². The fraction of sp³-hybridized carbons (Fsp3) is 0.625. The molecule has 0 bridgehead atoms. The van der Waals surface area contributed by atoms with Crippen LogP contribution in [-0.2, 0) is 24.4 Å². The molecule has 2 saturated carbocycles. The molecule has 6 rings (SSSR count). The van der Waals surface area contributed by atoms with Crippen LogP contribution in [0.4, 0.5) is 22.4 Å². The second kappa shape index (κ2) is 15.7. The number of carbonyl (C=O) groups is 4. The molecule has 2 aromatic rings. The first kappa shape index (κ1) is 43.9. The number of sulfonamides is 1. The Bertz CT molecular complexity index is 2150. The van der Waals surface area contributed by atoms with Gasteiger partial charge in [-0.15, -0.1) is 0 Å². The molecule has 0 spiro atoms. The third-order valence-corrected chi connectivity index (χ3v) is 14.7. The van der Waals surface area contributed by atoms with Gasteiger partial charge in [0.15, 0.2) is 0 Å². The van der Waals surface area contributed by atoms with Crippen LogP contribution >= 0.6 is 0 Å². The highest BCUT2D eigenvalue weighted by molar-refractivity contribution is 7.91. The summed E-state index contributed by atoms with van der Waals surface area (Å²) in [5.41, 5.74) is -4.82. The van der Waals surface area contributed by atoms with E-state index in [1.54, 1.807) is 19.1 Å². The number of rotatable bonds is 9. The Balaban J connectivity index is 1.45. The molecule has 3 heterocycles. The number of ether oxygens (including phenoxy) is 2. The number of carbonyl (C=O) groups excluding carboxylic acids is 3. The molecule has 1 aromatic heterocycles. The summed E-state index contributed by atoms with van der Waals surface area (Å²) < 4.78 is 97.7. The van der Waals surface area contributed by atoms with Gasteiger partial charge in [-0.2, -0.15) is 18.2 Å². The first-order valence-electron chi connectivity index (χ1n) is 19.7. The number of methoxy groups -OCH3 is 1. The molecule has 14 nitrogen and oxygen atoms in total. The minimum Gasteiger partial charge on any atom is -0.481 e. The minimum absolute atomic E-state index is 0.0207. The molecule has 1 aromatic carbocycles. The summed E-state index contributed by atoms with van der Waals surface area (Å²) in [5.74, 6) is -5.35. The molecule has 4 amide bonds. The van der Waals surface area contributed by atoms with Crippen molar-refractivity contribution < 1.29 is 59.7 Å². The van der Waals surface area contributed by atoms with Gasteiger partial charge in [0.25, 0.3) is 5.91 Å². The summed E-state index contributed by atoms with van der Waals surface area (Å²) in [6, 6.07) is 1.80. The maximum atomic E-state index is 15.1. The van der Waals surface area contributed by atoms with Gasteiger partial charge >= 0.3 is 12.3 Å². The molecule has 0 unspecified atom stereocenters. The number of hydrogen-bond donors (Lipinski definition) is 3. The number of fused-ring (bicyclic) bond motifs is 3. The van der Waals surface area contributed by atoms with E-state index in [4.69, 9.17) is 9.47 Å². The maximum absolute atomic E-state index is 15.1. The first-order chi connectivity index (χ1) is 27.5. The number of allylic oxidation sites excluding steroid dienone is 1. The van der Waals surface area contributed by atoms with Gasteiger partial charge < -0.3 is 24.8 Å². The Morgan fingerprint density at radius 1 is 1.15 bits per heavy atom. The van der Waals surface area contributed by atoms with Crippen molar-refractivity contribution in [3.63, 3.8) is 0 Å². The van der Waals surface area contributed by atoms with E-state index in [-0.39, 0.29) is 48.3 Å². The average molecular weight is 854 g/mol. The molecule has 2 aliphatic carbocycles. The van der Waals surface area contributed by atoms with Crippen molar-refractivity contribution in [1.29, 1.82) is 0 Å². The number of benzene rings is 1. The number of alkyl halides is 3. The van der Waals surface area contributed by atoms with Gasteiger partial charge in [0.2, 0.25) is 33.6 Å². The summed E-state index contributed by atoms with van der Waals surface area (Å²) in [6.07, 6.45) is -3.11. The SMILES string of the molecule is CC[C@@H]1C[C@H](C)CCC=C[C@@H]2C[C@@]2(C(=O)NS(=O)(=O)C2(C)CC2)NC(=O)[C@@H]2C[C@@H](Oc3nc(OC)cc4cc(F)ccc34)CN2C(=O)[C@H]1N(C(=O)O)C(C)(C)C(F)(F)F. The molecule has 0 radical (unpaired) electrons. The fourth-order valence-electron chi connectivity index (χ4n) is 8.30. The number of hydrogen-bond acceptors (Lipinski definition) is 9. The van der Waals surface area contributed by atoms with Crippen LogP contribution in [0.5, 0.6) is 11.8 Å². The van der Waals surface area contributed by atoms with E-state index in [9.17, 15) is 45.5 Å². The Morgan fingerprint density at radius 3 is 2.46 bits per heavy atom. The molecular formula is C40H51F4N5O9S. The lowest BCUT2D eigenvalue weighted by molar-refractivity contribution is -0.222. The summed E-state index contributed by atoms with van der Waals surface area (Å²) in [7, 11) is -2.82. The molecule has 4 aliphatic rings. The Morgan fingerprint density at radius 2 is 1.85 bits per heavy atom. The standard InChI is InChI=1S/C40H51F4N5O9S/c1-7-23-16-22(2)10-8-9-11-25-20-39(25,35(52)47-59(55,56)38(5)14-15-38)46-32(50)29-19-27(58-33-28-13-12-26(41)17-24(28)18-30(45-33)57-6)21-48(29)34(51)31(23)49(36(53)54)37(3,4)40(42,43)44/h9,11-13,17-18,22-23,25,27,29,31H,7-8,10,14-16,19-21H2,1-6H3,(H,46,50)(H,47,52)(H,53,54)/t22-,23-,25-,27-,29+,31+,39-/m1/s1. The van der Waals surface area contributed by atoms with E-state index >= 15 is 4.79 Å². The van der Waals surface area contributed by atoms with E-state index in [1.165, 1.54) is 38.3 Å². The normalized spacial score (nSPS) is 28.7. The third-order valence-electron chi connectivity index (χ3n) is 12.6. The molecule has 324 valence electrons. The van der Waals surface area contributed by atoms with Crippen molar-refractivity contribution in [2.45, 2.75) is 126 Å².